The molecule has 1 fully saturated rings. The van der Waals surface area contributed by atoms with Gasteiger partial charge in [-0.15, -0.1) is 0 Å². The van der Waals surface area contributed by atoms with Gasteiger partial charge >= 0.3 is 0 Å². The minimum absolute atomic E-state index is 0.0867. The lowest BCUT2D eigenvalue weighted by Gasteiger charge is -2.31. The highest BCUT2D eigenvalue weighted by molar-refractivity contribution is 5.76. The molecule has 0 unspecified atom stereocenters. The van der Waals surface area contributed by atoms with Crippen LogP contribution in [-0.4, -0.2) is 25.2 Å². The van der Waals surface area contributed by atoms with Gasteiger partial charge in [0.05, 0.1) is 6.10 Å². The molecular formula is C17H27NO3. The number of furan rings is 1. The van der Waals surface area contributed by atoms with Gasteiger partial charge in [-0.2, -0.15) is 0 Å². The van der Waals surface area contributed by atoms with Crippen molar-refractivity contribution in [2.45, 2.75) is 53.1 Å². The number of rotatable bonds is 5. The van der Waals surface area contributed by atoms with E-state index >= 15 is 0 Å². The van der Waals surface area contributed by atoms with Crippen LogP contribution in [0, 0.1) is 18.3 Å². The largest absolute Gasteiger partial charge is 0.466 e. The smallest absolute Gasteiger partial charge is 0.220 e. The van der Waals surface area contributed by atoms with Gasteiger partial charge in [-0.3, -0.25) is 4.79 Å². The van der Waals surface area contributed by atoms with E-state index in [9.17, 15) is 4.79 Å². The average molecular weight is 293 g/mol. The average Bonchev–Trinajstić information content (AvgIpc) is 3.01. The summed E-state index contributed by atoms with van der Waals surface area (Å²) in [6.45, 7) is 9.99. The molecular weight excluding hydrogens is 266 g/mol. The molecule has 0 aliphatic carbocycles. The highest BCUT2D eigenvalue weighted by Crippen LogP contribution is 2.34. The number of carbonyl (C=O) groups is 1. The third-order valence-electron chi connectivity index (χ3n) is 4.02. The quantitative estimate of drug-likeness (QED) is 0.907. The van der Waals surface area contributed by atoms with Crippen molar-refractivity contribution in [3.8, 4) is 0 Å². The molecule has 0 bridgehead atoms. The van der Waals surface area contributed by atoms with Gasteiger partial charge in [-0.25, -0.2) is 0 Å². The fourth-order valence-corrected chi connectivity index (χ4v) is 2.99. The van der Waals surface area contributed by atoms with Gasteiger partial charge in [0.15, 0.2) is 0 Å². The van der Waals surface area contributed by atoms with E-state index in [0.717, 1.165) is 24.5 Å². The molecule has 21 heavy (non-hydrogen) atoms. The van der Waals surface area contributed by atoms with Crippen molar-refractivity contribution >= 4 is 5.91 Å². The first-order chi connectivity index (χ1) is 9.86. The summed E-state index contributed by atoms with van der Waals surface area (Å²) in [5.74, 6) is 2.27. The molecule has 2 heterocycles. The topological polar surface area (TPSA) is 51.5 Å². The fraction of sp³-hybridized carbons (Fsp3) is 0.706. The van der Waals surface area contributed by atoms with Crippen molar-refractivity contribution in [1.29, 1.82) is 0 Å². The summed E-state index contributed by atoms with van der Waals surface area (Å²) < 4.78 is 11.3. The number of carbonyl (C=O) groups excluding carboxylic acids is 1. The molecule has 4 nitrogen and oxygen atoms in total. The Morgan fingerprint density at radius 2 is 2.14 bits per heavy atom. The second-order valence-electron chi connectivity index (χ2n) is 7.02. The van der Waals surface area contributed by atoms with E-state index in [1.54, 1.807) is 0 Å². The Morgan fingerprint density at radius 1 is 1.38 bits per heavy atom. The third kappa shape index (κ3) is 4.60. The monoisotopic (exact) mass is 293 g/mol. The van der Waals surface area contributed by atoms with Crippen LogP contribution >= 0.6 is 0 Å². The van der Waals surface area contributed by atoms with Crippen molar-refractivity contribution in [3.05, 3.63) is 23.7 Å². The van der Waals surface area contributed by atoms with Crippen LogP contribution in [0.1, 0.15) is 45.1 Å². The van der Waals surface area contributed by atoms with Gasteiger partial charge in [0.1, 0.15) is 11.5 Å². The van der Waals surface area contributed by atoms with Gasteiger partial charge in [-0.05, 0) is 30.9 Å². The first-order valence-electron chi connectivity index (χ1n) is 7.80. The summed E-state index contributed by atoms with van der Waals surface area (Å²) in [6, 6.07) is 3.86. The van der Waals surface area contributed by atoms with Crippen molar-refractivity contribution in [2.24, 2.45) is 11.3 Å². The third-order valence-corrected chi connectivity index (χ3v) is 4.02. The van der Waals surface area contributed by atoms with Gasteiger partial charge in [-0.1, -0.05) is 20.8 Å². The molecule has 1 saturated heterocycles. The van der Waals surface area contributed by atoms with E-state index in [2.05, 4.69) is 26.1 Å². The zero-order valence-electron chi connectivity index (χ0n) is 13.6. The van der Waals surface area contributed by atoms with Gasteiger partial charge in [0, 0.05) is 31.9 Å². The molecule has 2 rings (SSSR count). The van der Waals surface area contributed by atoms with Crippen molar-refractivity contribution < 1.29 is 13.9 Å². The molecule has 1 N–H and O–H groups in total. The van der Waals surface area contributed by atoms with Gasteiger partial charge in [0.25, 0.3) is 0 Å². The van der Waals surface area contributed by atoms with E-state index in [4.69, 9.17) is 9.15 Å². The van der Waals surface area contributed by atoms with Gasteiger partial charge in [0.2, 0.25) is 5.91 Å². The number of hydrogen-bond acceptors (Lipinski definition) is 3. The second kappa shape index (κ2) is 6.65. The van der Waals surface area contributed by atoms with Crippen LogP contribution in [0.2, 0.25) is 0 Å². The van der Waals surface area contributed by atoms with Crippen LogP contribution in [-0.2, 0) is 16.0 Å². The van der Waals surface area contributed by atoms with Crippen molar-refractivity contribution in [3.63, 3.8) is 0 Å². The van der Waals surface area contributed by atoms with Crippen LogP contribution in [0.15, 0.2) is 16.5 Å². The summed E-state index contributed by atoms with van der Waals surface area (Å²) in [5.41, 5.74) is 0.123. The normalized spacial score (nSPS) is 22.5. The van der Waals surface area contributed by atoms with E-state index in [-0.39, 0.29) is 17.4 Å². The molecule has 4 heteroatoms. The highest BCUT2D eigenvalue weighted by atomic mass is 16.5. The second-order valence-corrected chi connectivity index (χ2v) is 7.02. The summed E-state index contributed by atoms with van der Waals surface area (Å²) >= 11 is 0. The summed E-state index contributed by atoms with van der Waals surface area (Å²) in [5, 5.41) is 3.04. The Kier molecular flexibility index (Phi) is 5.09. The Balaban J connectivity index is 1.73. The molecule has 1 amide bonds. The van der Waals surface area contributed by atoms with E-state index < -0.39 is 0 Å². The molecule has 1 aromatic heterocycles. The molecule has 2 atom stereocenters. The number of aryl methyl sites for hydroxylation is 2. The molecule has 118 valence electrons. The number of amides is 1. The molecule has 1 aliphatic rings. The first kappa shape index (κ1) is 16.1. The summed E-state index contributed by atoms with van der Waals surface area (Å²) in [7, 11) is 0. The van der Waals surface area contributed by atoms with Crippen molar-refractivity contribution in [2.75, 3.05) is 13.2 Å². The SMILES string of the molecule is Cc1ccc(CCC(=O)NC[C@H]2CCO[C@@H]2C(C)(C)C)o1. The number of hydrogen-bond donors (Lipinski definition) is 1. The molecule has 0 spiro atoms. The van der Waals surface area contributed by atoms with Crippen LogP contribution in [0.5, 0.6) is 0 Å². The molecule has 1 aliphatic heterocycles. The Morgan fingerprint density at radius 3 is 2.76 bits per heavy atom. The Labute approximate surface area is 127 Å². The van der Waals surface area contributed by atoms with E-state index in [1.807, 2.05) is 19.1 Å². The molecule has 0 saturated carbocycles. The number of nitrogens with one attached hydrogen (secondary N) is 1. The number of ether oxygens (including phenoxy) is 1. The van der Waals surface area contributed by atoms with E-state index in [1.165, 1.54) is 0 Å². The Bertz CT molecular complexity index is 473. The fourth-order valence-electron chi connectivity index (χ4n) is 2.99. The molecule has 1 aromatic rings. The predicted molar refractivity (Wildman–Crippen MR) is 82.1 cm³/mol. The predicted octanol–water partition coefficient (Wildman–Crippen LogP) is 3.09. The lowest BCUT2D eigenvalue weighted by molar-refractivity contribution is -0.121. The maximum absolute atomic E-state index is 11.9. The summed E-state index contributed by atoms with van der Waals surface area (Å²) in [6.07, 6.45) is 2.38. The van der Waals surface area contributed by atoms with Crippen molar-refractivity contribution in [1.82, 2.24) is 5.32 Å². The van der Waals surface area contributed by atoms with E-state index in [0.29, 0.717) is 25.3 Å². The minimum Gasteiger partial charge on any atom is -0.466 e. The minimum atomic E-state index is 0.0867. The van der Waals surface area contributed by atoms with Crippen LogP contribution in [0.3, 0.4) is 0 Å². The lowest BCUT2D eigenvalue weighted by Crippen LogP contribution is -2.38. The lowest BCUT2D eigenvalue weighted by atomic mass is 9.81. The van der Waals surface area contributed by atoms with Crippen LogP contribution in [0.25, 0.3) is 0 Å². The highest BCUT2D eigenvalue weighted by Gasteiger charge is 2.37. The molecule has 0 radical (unpaired) electrons. The standard InChI is InChI=1S/C17H27NO3/c1-12-5-6-14(21-12)7-8-15(19)18-11-13-9-10-20-16(13)17(2,3)4/h5-6,13,16H,7-11H2,1-4H3,(H,18,19)/t13-,16+/m1/s1. The zero-order valence-corrected chi connectivity index (χ0v) is 13.6. The Hall–Kier alpha value is -1.29. The maximum Gasteiger partial charge on any atom is 0.220 e. The maximum atomic E-state index is 11.9. The first-order valence-corrected chi connectivity index (χ1v) is 7.80. The zero-order chi connectivity index (χ0) is 15.5. The van der Waals surface area contributed by atoms with Gasteiger partial charge < -0.3 is 14.5 Å². The summed E-state index contributed by atoms with van der Waals surface area (Å²) in [4.78, 5) is 11.9. The van der Waals surface area contributed by atoms with Crippen LogP contribution in [0.4, 0.5) is 0 Å². The molecule has 0 aromatic carbocycles. The van der Waals surface area contributed by atoms with Crippen LogP contribution < -0.4 is 5.32 Å².